The molecule has 4 nitrogen and oxygen atoms in total. The van der Waals surface area contributed by atoms with E-state index in [-0.39, 0.29) is 29.9 Å². The number of carbonyl (C=O) groups is 2. The number of ketones is 1. The Morgan fingerprint density at radius 2 is 1.95 bits per heavy atom. The molecule has 0 saturated carbocycles. The van der Waals surface area contributed by atoms with Crippen molar-refractivity contribution in [2.75, 3.05) is 0 Å². The third-order valence-electron chi connectivity index (χ3n) is 3.00. The summed E-state index contributed by atoms with van der Waals surface area (Å²) in [5.74, 6) is 0.0867. The number of hydrogen-bond donors (Lipinski definition) is 2. The second-order valence-corrected chi connectivity index (χ2v) is 5.86. The van der Waals surface area contributed by atoms with Gasteiger partial charge in [-0.1, -0.05) is 18.2 Å². The van der Waals surface area contributed by atoms with Gasteiger partial charge in [0.15, 0.2) is 5.78 Å². The molecule has 0 aliphatic rings. The third kappa shape index (κ3) is 4.72. The van der Waals surface area contributed by atoms with Gasteiger partial charge in [0.2, 0.25) is 5.91 Å². The highest BCUT2D eigenvalue weighted by Gasteiger charge is 2.14. The van der Waals surface area contributed by atoms with Gasteiger partial charge in [0, 0.05) is 12.5 Å². The summed E-state index contributed by atoms with van der Waals surface area (Å²) in [7, 11) is 0. The summed E-state index contributed by atoms with van der Waals surface area (Å²) < 4.78 is 0. The molecule has 0 unspecified atom stereocenters. The molecule has 2 N–H and O–H groups in total. The quantitative estimate of drug-likeness (QED) is 0.806. The smallest absolute Gasteiger partial charge is 0.224 e. The summed E-state index contributed by atoms with van der Waals surface area (Å²) in [6.07, 6.45) is 0.527. The Hall–Kier alpha value is -2.14. The van der Waals surface area contributed by atoms with E-state index in [9.17, 15) is 14.7 Å². The largest absolute Gasteiger partial charge is 0.508 e. The third-order valence-corrected chi connectivity index (χ3v) is 3.91. The Labute approximate surface area is 127 Å². The lowest BCUT2D eigenvalue weighted by atomic mass is 10.1. The maximum Gasteiger partial charge on any atom is 0.224 e. The van der Waals surface area contributed by atoms with Crippen molar-refractivity contribution in [1.82, 2.24) is 5.32 Å². The molecule has 1 heterocycles. The SMILES string of the molecule is C[C@H](CC(=O)c1cccs1)NC(=O)Cc1ccc(O)cc1. The molecule has 0 fully saturated rings. The number of carbonyl (C=O) groups excluding carboxylic acids is 2. The zero-order valence-corrected chi connectivity index (χ0v) is 12.5. The number of rotatable bonds is 6. The molecule has 2 rings (SSSR count). The van der Waals surface area contributed by atoms with Crippen LogP contribution in [0.3, 0.4) is 0 Å². The van der Waals surface area contributed by atoms with Crippen molar-refractivity contribution < 1.29 is 14.7 Å². The summed E-state index contributed by atoms with van der Waals surface area (Å²) >= 11 is 1.41. The summed E-state index contributed by atoms with van der Waals surface area (Å²) in [4.78, 5) is 24.5. The van der Waals surface area contributed by atoms with Crippen molar-refractivity contribution >= 4 is 23.0 Å². The van der Waals surface area contributed by atoms with Crippen LogP contribution < -0.4 is 5.32 Å². The average Bonchev–Trinajstić information content (AvgIpc) is 2.95. The fraction of sp³-hybridized carbons (Fsp3) is 0.250. The van der Waals surface area contributed by atoms with Gasteiger partial charge in [-0.15, -0.1) is 11.3 Å². The van der Waals surface area contributed by atoms with Crippen LogP contribution in [0.25, 0.3) is 0 Å². The van der Waals surface area contributed by atoms with E-state index in [4.69, 9.17) is 0 Å². The minimum absolute atomic E-state index is 0.0439. The number of phenols is 1. The van der Waals surface area contributed by atoms with E-state index in [1.54, 1.807) is 30.3 Å². The van der Waals surface area contributed by atoms with Gasteiger partial charge in [-0.25, -0.2) is 0 Å². The van der Waals surface area contributed by atoms with Crippen LogP contribution in [0, 0.1) is 0 Å². The van der Waals surface area contributed by atoms with Gasteiger partial charge in [-0.3, -0.25) is 9.59 Å². The first-order chi connectivity index (χ1) is 10.0. The maximum absolute atomic E-state index is 11.9. The van der Waals surface area contributed by atoms with Crippen molar-refractivity contribution in [2.45, 2.75) is 25.8 Å². The number of Topliss-reactive ketones (excluding diaryl/α,β-unsaturated/α-hetero) is 1. The molecule has 21 heavy (non-hydrogen) atoms. The highest BCUT2D eigenvalue weighted by atomic mass is 32.1. The molecule has 1 atom stereocenters. The summed E-state index contributed by atoms with van der Waals surface area (Å²) in [6, 6.07) is 9.93. The van der Waals surface area contributed by atoms with Gasteiger partial charge < -0.3 is 10.4 Å². The number of nitrogens with one attached hydrogen (secondary N) is 1. The number of amides is 1. The Bertz CT molecular complexity index is 605. The predicted octanol–water partition coefficient (Wildman–Crippen LogP) is 2.77. The topological polar surface area (TPSA) is 66.4 Å². The first-order valence-corrected chi connectivity index (χ1v) is 7.56. The lowest BCUT2D eigenvalue weighted by Gasteiger charge is -2.12. The highest BCUT2D eigenvalue weighted by molar-refractivity contribution is 7.12. The molecule has 0 aliphatic carbocycles. The van der Waals surface area contributed by atoms with Crippen LogP contribution in [-0.4, -0.2) is 22.8 Å². The van der Waals surface area contributed by atoms with Gasteiger partial charge in [0.1, 0.15) is 5.75 Å². The first kappa shape index (κ1) is 15.3. The second kappa shape index (κ2) is 7.04. The molecule has 0 bridgehead atoms. The molecular weight excluding hydrogens is 286 g/mol. The van der Waals surface area contributed by atoms with E-state index in [0.29, 0.717) is 6.42 Å². The molecule has 2 aromatic rings. The summed E-state index contributed by atoms with van der Waals surface area (Å²) in [5.41, 5.74) is 0.821. The Kier molecular flexibility index (Phi) is 5.11. The number of phenolic OH excluding ortho intramolecular Hbond substituents is 1. The first-order valence-electron chi connectivity index (χ1n) is 6.68. The number of aromatic hydroxyl groups is 1. The summed E-state index contributed by atoms with van der Waals surface area (Å²) in [5, 5.41) is 13.9. The molecule has 0 saturated heterocycles. The maximum atomic E-state index is 11.9. The number of thiophene rings is 1. The average molecular weight is 303 g/mol. The van der Waals surface area contributed by atoms with Gasteiger partial charge >= 0.3 is 0 Å². The van der Waals surface area contributed by atoms with Gasteiger partial charge in [-0.2, -0.15) is 0 Å². The summed E-state index contributed by atoms with van der Waals surface area (Å²) in [6.45, 7) is 1.82. The molecule has 110 valence electrons. The Balaban J connectivity index is 1.82. The monoisotopic (exact) mass is 303 g/mol. The van der Waals surface area contributed by atoms with Crippen molar-refractivity contribution in [3.8, 4) is 5.75 Å². The van der Waals surface area contributed by atoms with E-state index in [1.165, 1.54) is 11.3 Å². The normalized spacial score (nSPS) is 11.9. The molecule has 5 heteroatoms. The van der Waals surface area contributed by atoms with E-state index < -0.39 is 0 Å². The van der Waals surface area contributed by atoms with Crippen molar-refractivity contribution in [3.63, 3.8) is 0 Å². The van der Waals surface area contributed by atoms with E-state index in [1.807, 2.05) is 18.4 Å². The molecule has 1 aromatic carbocycles. The molecule has 0 aliphatic heterocycles. The van der Waals surface area contributed by atoms with Crippen LogP contribution in [0.15, 0.2) is 41.8 Å². The number of benzene rings is 1. The standard InChI is InChI=1S/C16H17NO3S/c1-11(9-14(19)15-3-2-8-21-15)17-16(20)10-12-4-6-13(18)7-5-12/h2-8,11,18H,9-10H2,1H3,(H,17,20)/t11-/m1/s1. The Morgan fingerprint density at radius 1 is 1.24 bits per heavy atom. The fourth-order valence-electron chi connectivity index (χ4n) is 1.99. The van der Waals surface area contributed by atoms with Gasteiger partial charge in [0.25, 0.3) is 0 Å². The second-order valence-electron chi connectivity index (χ2n) is 4.92. The predicted molar refractivity (Wildman–Crippen MR) is 82.7 cm³/mol. The van der Waals surface area contributed by atoms with E-state index in [2.05, 4.69) is 5.32 Å². The van der Waals surface area contributed by atoms with Crippen LogP contribution in [0.2, 0.25) is 0 Å². The highest BCUT2D eigenvalue weighted by Crippen LogP contribution is 2.13. The minimum atomic E-state index is -0.204. The molecule has 1 amide bonds. The molecule has 0 spiro atoms. The van der Waals surface area contributed by atoms with Crippen LogP contribution in [0.5, 0.6) is 5.75 Å². The van der Waals surface area contributed by atoms with Crippen LogP contribution >= 0.6 is 11.3 Å². The van der Waals surface area contributed by atoms with Gasteiger partial charge in [-0.05, 0) is 36.1 Å². The van der Waals surface area contributed by atoms with Crippen LogP contribution in [-0.2, 0) is 11.2 Å². The Morgan fingerprint density at radius 3 is 2.57 bits per heavy atom. The lowest BCUT2D eigenvalue weighted by Crippen LogP contribution is -2.35. The zero-order valence-electron chi connectivity index (χ0n) is 11.7. The molecular formula is C16H17NO3S. The molecule has 0 radical (unpaired) electrons. The van der Waals surface area contributed by atoms with E-state index in [0.717, 1.165) is 10.4 Å². The van der Waals surface area contributed by atoms with Crippen molar-refractivity contribution in [2.24, 2.45) is 0 Å². The van der Waals surface area contributed by atoms with Crippen LogP contribution in [0.1, 0.15) is 28.6 Å². The lowest BCUT2D eigenvalue weighted by molar-refractivity contribution is -0.121. The molecule has 1 aromatic heterocycles. The van der Waals surface area contributed by atoms with Crippen molar-refractivity contribution in [3.05, 3.63) is 52.2 Å². The van der Waals surface area contributed by atoms with Crippen LogP contribution in [0.4, 0.5) is 0 Å². The van der Waals surface area contributed by atoms with E-state index >= 15 is 0 Å². The number of hydrogen-bond acceptors (Lipinski definition) is 4. The van der Waals surface area contributed by atoms with Gasteiger partial charge in [0.05, 0.1) is 11.3 Å². The zero-order chi connectivity index (χ0) is 15.2. The van der Waals surface area contributed by atoms with Crippen molar-refractivity contribution in [1.29, 1.82) is 0 Å². The fourth-order valence-corrected chi connectivity index (χ4v) is 2.67. The minimum Gasteiger partial charge on any atom is -0.508 e.